The first-order chi connectivity index (χ1) is 9.65. The van der Waals surface area contributed by atoms with E-state index in [1.807, 2.05) is 11.3 Å². The molecule has 2 unspecified atom stereocenters. The lowest BCUT2D eigenvalue weighted by Crippen LogP contribution is -2.43. The third-order valence-electron chi connectivity index (χ3n) is 4.89. The van der Waals surface area contributed by atoms with Gasteiger partial charge in [-0.3, -0.25) is 4.90 Å². The molecule has 0 bridgehead atoms. The van der Waals surface area contributed by atoms with E-state index in [0.29, 0.717) is 12.1 Å². The van der Waals surface area contributed by atoms with Gasteiger partial charge in [0.2, 0.25) is 0 Å². The molecule has 0 aliphatic heterocycles. The van der Waals surface area contributed by atoms with Crippen molar-refractivity contribution in [2.75, 3.05) is 7.05 Å². The lowest BCUT2D eigenvalue weighted by atomic mass is 9.97. The second-order valence-electron chi connectivity index (χ2n) is 6.30. The van der Waals surface area contributed by atoms with Crippen molar-refractivity contribution in [2.24, 2.45) is 5.73 Å². The van der Waals surface area contributed by atoms with Crippen molar-refractivity contribution in [3.63, 3.8) is 0 Å². The highest BCUT2D eigenvalue weighted by atomic mass is 32.1. The smallest absolute Gasteiger partial charge is 0.0595 e. The fourth-order valence-electron chi connectivity index (χ4n) is 3.48. The van der Waals surface area contributed by atoms with Crippen LogP contribution in [0.3, 0.4) is 0 Å². The topological polar surface area (TPSA) is 29.3 Å². The predicted octanol–water partition coefficient (Wildman–Crippen LogP) is 4.49. The maximum absolute atomic E-state index is 6.49. The monoisotopic (exact) mass is 294 g/mol. The zero-order chi connectivity index (χ0) is 14.5. The molecule has 1 aromatic rings. The van der Waals surface area contributed by atoms with Crippen molar-refractivity contribution in [2.45, 2.75) is 76.9 Å². The minimum atomic E-state index is 0.237. The van der Waals surface area contributed by atoms with Gasteiger partial charge in [0.25, 0.3) is 0 Å². The van der Waals surface area contributed by atoms with Crippen LogP contribution in [0.1, 0.15) is 68.4 Å². The van der Waals surface area contributed by atoms with Crippen molar-refractivity contribution >= 4 is 11.3 Å². The second-order valence-corrected chi connectivity index (χ2v) is 7.24. The molecule has 0 spiro atoms. The van der Waals surface area contributed by atoms with Gasteiger partial charge < -0.3 is 5.73 Å². The summed E-state index contributed by atoms with van der Waals surface area (Å²) >= 11 is 1.88. The van der Waals surface area contributed by atoms with E-state index in [2.05, 4.69) is 37.2 Å². The number of rotatable bonds is 5. The van der Waals surface area contributed by atoms with Crippen LogP contribution in [0.15, 0.2) is 11.4 Å². The quantitative estimate of drug-likeness (QED) is 0.811. The van der Waals surface area contributed by atoms with Crippen molar-refractivity contribution < 1.29 is 0 Å². The highest BCUT2D eigenvalue weighted by Crippen LogP contribution is 2.35. The van der Waals surface area contributed by atoms with E-state index < -0.39 is 0 Å². The van der Waals surface area contributed by atoms with Gasteiger partial charge in [-0.2, -0.15) is 0 Å². The largest absolute Gasteiger partial charge is 0.326 e. The van der Waals surface area contributed by atoms with Crippen LogP contribution >= 0.6 is 11.3 Å². The van der Waals surface area contributed by atoms with E-state index in [4.69, 9.17) is 5.73 Å². The third kappa shape index (κ3) is 3.63. The number of hydrogen-bond donors (Lipinski definition) is 1. The number of nitrogens with two attached hydrogens (primary N) is 1. The van der Waals surface area contributed by atoms with Crippen LogP contribution in [0.2, 0.25) is 0 Å². The van der Waals surface area contributed by atoms with Crippen LogP contribution in [-0.4, -0.2) is 24.0 Å². The average Bonchev–Trinajstić information content (AvgIpc) is 2.71. The minimum absolute atomic E-state index is 0.237. The molecule has 3 heteroatoms. The summed E-state index contributed by atoms with van der Waals surface area (Å²) in [6, 6.07) is 3.57. The van der Waals surface area contributed by atoms with Crippen molar-refractivity contribution in [1.29, 1.82) is 0 Å². The van der Waals surface area contributed by atoms with Gasteiger partial charge in [-0.25, -0.2) is 0 Å². The summed E-state index contributed by atoms with van der Waals surface area (Å²) in [5.74, 6) is 0. The Kier molecular flexibility index (Phi) is 6.06. The van der Waals surface area contributed by atoms with Gasteiger partial charge in [0, 0.05) is 17.0 Å². The maximum Gasteiger partial charge on any atom is 0.0595 e. The average molecular weight is 295 g/mol. The Labute approximate surface area is 128 Å². The predicted molar refractivity (Wildman–Crippen MR) is 89.3 cm³/mol. The summed E-state index contributed by atoms with van der Waals surface area (Å²) in [6.07, 6.45) is 9.31. The molecule has 2 rings (SSSR count). The van der Waals surface area contributed by atoms with E-state index in [9.17, 15) is 0 Å². The standard InChI is InChI=1S/C17H30N2S/c1-4-15(18)16(17-13(2)11-12-20-17)19(3)14-9-7-5-6-8-10-14/h11-12,14-16H,4-10,18H2,1-3H3. The zero-order valence-corrected chi connectivity index (χ0v) is 14.1. The number of likely N-dealkylation sites (N-methyl/N-ethyl adjacent to an activating group) is 1. The Balaban J connectivity index is 2.19. The highest BCUT2D eigenvalue weighted by molar-refractivity contribution is 7.10. The van der Waals surface area contributed by atoms with Gasteiger partial charge in [-0.05, 0) is 50.2 Å². The molecule has 1 aliphatic rings. The van der Waals surface area contributed by atoms with E-state index in [1.54, 1.807) is 0 Å². The lowest BCUT2D eigenvalue weighted by Gasteiger charge is -2.38. The summed E-state index contributed by atoms with van der Waals surface area (Å²) in [4.78, 5) is 4.07. The van der Waals surface area contributed by atoms with E-state index in [-0.39, 0.29) is 6.04 Å². The van der Waals surface area contributed by atoms with Gasteiger partial charge in [-0.1, -0.05) is 32.6 Å². The van der Waals surface area contributed by atoms with Gasteiger partial charge in [0.05, 0.1) is 6.04 Å². The Bertz CT molecular complexity index is 393. The van der Waals surface area contributed by atoms with Gasteiger partial charge in [-0.15, -0.1) is 11.3 Å². The molecule has 0 aromatic carbocycles. The molecule has 1 aromatic heterocycles. The van der Waals surface area contributed by atoms with E-state index in [0.717, 1.165) is 6.42 Å². The van der Waals surface area contributed by atoms with Crippen LogP contribution in [-0.2, 0) is 0 Å². The van der Waals surface area contributed by atoms with Crippen LogP contribution in [0.4, 0.5) is 0 Å². The molecule has 1 heterocycles. The van der Waals surface area contributed by atoms with Crippen LogP contribution in [0, 0.1) is 6.92 Å². The van der Waals surface area contributed by atoms with Crippen molar-refractivity contribution in [3.8, 4) is 0 Å². The minimum Gasteiger partial charge on any atom is -0.326 e. The number of nitrogens with zero attached hydrogens (tertiary/aromatic N) is 1. The van der Waals surface area contributed by atoms with Crippen LogP contribution in [0.5, 0.6) is 0 Å². The molecule has 0 saturated heterocycles. The Hall–Kier alpha value is -0.380. The first kappa shape index (κ1) is 16.0. The van der Waals surface area contributed by atoms with Gasteiger partial charge in [0.1, 0.15) is 0 Å². The molecule has 2 nitrogen and oxygen atoms in total. The van der Waals surface area contributed by atoms with Crippen LogP contribution < -0.4 is 5.73 Å². The highest BCUT2D eigenvalue weighted by Gasteiger charge is 2.30. The molecule has 1 aliphatic carbocycles. The molecule has 0 radical (unpaired) electrons. The molecule has 20 heavy (non-hydrogen) atoms. The second kappa shape index (κ2) is 7.58. The molecule has 114 valence electrons. The van der Waals surface area contributed by atoms with Crippen molar-refractivity contribution in [1.82, 2.24) is 4.90 Å². The first-order valence-electron chi connectivity index (χ1n) is 8.16. The molecule has 0 amide bonds. The summed E-state index contributed by atoms with van der Waals surface area (Å²) in [6.45, 7) is 4.43. The van der Waals surface area contributed by atoms with Crippen LogP contribution in [0.25, 0.3) is 0 Å². The number of aryl methyl sites for hydroxylation is 1. The Morgan fingerprint density at radius 1 is 1.30 bits per heavy atom. The fraction of sp³-hybridized carbons (Fsp3) is 0.765. The molecular weight excluding hydrogens is 264 g/mol. The van der Waals surface area contributed by atoms with E-state index >= 15 is 0 Å². The molecular formula is C17H30N2S. The third-order valence-corrected chi connectivity index (χ3v) is 5.98. The van der Waals surface area contributed by atoms with Crippen molar-refractivity contribution in [3.05, 3.63) is 21.9 Å². The Morgan fingerprint density at radius 3 is 2.45 bits per heavy atom. The lowest BCUT2D eigenvalue weighted by molar-refractivity contribution is 0.137. The fourth-order valence-corrected chi connectivity index (χ4v) is 4.64. The number of hydrogen-bond acceptors (Lipinski definition) is 3. The summed E-state index contributed by atoms with van der Waals surface area (Å²) < 4.78 is 0. The molecule has 1 saturated carbocycles. The summed E-state index contributed by atoms with van der Waals surface area (Å²) in [5.41, 5.74) is 7.90. The summed E-state index contributed by atoms with van der Waals surface area (Å²) in [7, 11) is 2.30. The summed E-state index contributed by atoms with van der Waals surface area (Å²) in [5, 5.41) is 2.21. The Morgan fingerprint density at radius 2 is 1.95 bits per heavy atom. The normalized spacial score (nSPS) is 20.9. The van der Waals surface area contributed by atoms with Gasteiger partial charge >= 0.3 is 0 Å². The van der Waals surface area contributed by atoms with E-state index in [1.165, 1.54) is 49.0 Å². The maximum atomic E-state index is 6.49. The molecule has 2 atom stereocenters. The SMILES string of the molecule is CCC(N)C(c1sccc1C)N(C)C1CCCCCC1. The molecule has 1 fully saturated rings. The first-order valence-corrected chi connectivity index (χ1v) is 9.04. The molecule has 2 N–H and O–H groups in total. The number of thiophene rings is 1. The van der Waals surface area contributed by atoms with Gasteiger partial charge in [0.15, 0.2) is 0 Å². The zero-order valence-electron chi connectivity index (χ0n) is 13.3.